The number of hydrogen-bond donors (Lipinski definition) is 0. The summed E-state index contributed by atoms with van der Waals surface area (Å²) in [5.41, 5.74) is 2.37. The molecule has 0 unspecified atom stereocenters. The third-order valence-corrected chi connectivity index (χ3v) is 8.59. The predicted molar refractivity (Wildman–Crippen MR) is 153 cm³/mol. The Morgan fingerprint density at radius 3 is 2.51 bits per heavy atom. The number of piperazine rings is 1. The molecule has 1 saturated heterocycles. The van der Waals surface area contributed by atoms with E-state index < -0.39 is 10.8 Å². The zero-order chi connectivity index (χ0) is 26.4. The van der Waals surface area contributed by atoms with Crippen LogP contribution >= 0.6 is 11.5 Å². The van der Waals surface area contributed by atoms with Crippen LogP contribution in [0.3, 0.4) is 0 Å². The maximum Gasteiger partial charge on any atom is 0.233 e. The quantitative estimate of drug-likeness (QED) is 0.449. The van der Waals surface area contributed by atoms with Crippen LogP contribution in [0.25, 0.3) is 10.1 Å². The molecule has 3 heterocycles. The Balaban J connectivity index is 1.23. The van der Waals surface area contributed by atoms with Crippen LogP contribution in [0, 0.1) is 10.8 Å². The van der Waals surface area contributed by atoms with Crippen molar-refractivity contribution in [1.29, 1.82) is 0 Å². The zero-order valence-corrected chi connectivity index (χ0v) is 23.5. The van der Waals surface area contributed by atoms with Gasteiger partial charge in [0.15, 0.2) is 5.78 Å². The topological polar surface area (TPSA) is 56.8 Å². The molecule has 3 aromatic rings. The number of aromatic nitrogens is 1. The highest BCUT2D eigenvalue weighted by Gasteiger charge is 2.40. The molecule has 0 bridgehead atoms. The first kappa shape index (κ1) is 25.9. The number of carbonyl (C=O) groups excluding carboxylic acids is 2. The SMILES string of the molecule is CC(C)(C)C(=O)CN1C(=O)C(C)(C)Cc2cc(CCN3CCN(c4nsc5ccccc45)CC3)ccc21. The van der Waals surface area contributed by atoms with Gasteiger partial charge in [0.05, 0.1) is 11.2 Å². The highest BCUT2D eigenvalue weighted by molar-refractivity contribution is 7.13. The largest absolute Gasteiger partial charge is 0.353 e. The number of ketones is 1. The Labute approximate surface area is 224 Å². The molecule has 7 heteroatoms. The Bertz CT molecular complexity index is 1310. The lowest BCUT2D eigenvalue weighted by Crippen LogP contribution is -2.49. The fourth-order valence-electron chi connectivity index (χ4n) is 5.33. The van der Waals surface area contributed by atoms with Crippen molar-refractivity contribution in [3.63, 3.8) is 0 Å². The molecule has 0 radical (unpaired) electrons. The molecule has 5 rings (SSSR count). The summed E-state index contributed by atoms with van der Waals surface area (Å²) in [5, 5.41) is 1.26. The van der Waals surface area contributed by atoms with E-state index in [9.17, 15) is 9.59 Å². The van der Waals surface area contributed by atoms with Crippen LogP contribution in [0.4, 0.5) is 11.5 Å². The van der Waals surface area contributed by atoms with Gasteiger partial charge in [0, 0.05) is 54.6 Å². The van der Waals surface area contributed by atoms with Crippen LogP contribution in [0.2, 0.25) is 0 Å². The highest BCUT2D eigenvalue weighted by Crippen LogP contribution is 2.38. The van der Waals surface area contributed by atoms with Crippen molar-refractivity contribution in [2.45, 2.75) is 47.5 Å². The fraction of sp³-hybridized carbons (Fsp3) is 0.500. The Hall–Kier alpha value is -2.77. The molecule has 196 valence electrons. The van der Waals surface area contributed by atoms with Gasteiger partial charge in [-0.1, -0.05) is 58.9 Å². The van der Waals surface area contributed by atoms with Crippen molar-refractivity contribution in [3.05, 3.63) is 53.6 Å². The maximum absolute atomic E-state index is 13.2. The van der Waals surface area contributed by atoms with Crippen molar-refractivity contribution in [3.8, 4) is 0 Å². The molecular formula is C30H38N4O2S. The fourth-order valence-corrected chi connectivity index (χ4v) is 6.13. The van der Waals surface area contributed by atoms with Gasteiger partial charge in [-0.3, -0.25) is 14.5 Å². The number of nitrogens with zero attached hydrogens (tertiary/aromatic N) is 4. The first-order valence-corrected chi connectivity index (χ1v) is 14.1. The lowest BCUT2D eigenvalue weighted by Gasteiger charge is -2.39. The van der Waals surface area contributed by atoms with E-state index in [-0.39, 0.29) is 18.2 Å². The molecule has 0 aliphatic carbocycles. The van der Waals surface area contributed by atoms with Gasteiger partial charge in [0.2, 0.25) is 5.91 Å². The van der Waals surface area contributed by atoms with E-state index in [1.807, 2.05) is 34.6 Å². The summed E-state index contributed by atoms with van der Waals surface area (Å²) in [6.45, 7) is 14.9. The Kier molecular flexibility index (Phi) is 6.88. The van der Waals surface area contributed by atoms with Crippen LogP contribution in [0.15, 0.2) is 42.5 Å². The molecule has 0 atom stereocenters. The minimum atomic E-state index is -0.514. The third kappa shape index (κ3) is 5.30. The predicted octanol–water partition coefficient (Wildman–Crippen LogP) is 5.19. The van der Waals surface area contributed by atoms with E-state index in [4.69, 9.17) is 4.37 Å². The minimum Gasteiger partial charge on any atom is -0.353 e. The van der Waals surface area contributed by atoms with Crippen molar-refractivity contribution < 1.29 is 9.59 Å². The molecule has 2 aliphatic rings. The second-order valence-electron chi connectivity index (χ2n) is 12.2. The zero-order valence-electron chi connectivity index (χ0n) is 22.7. The number of benzene rings is 2. The molecule has 37 heavy (non-hydrogen) atoms. The summed E-state index contributed by atoms with van der Waals surface area (Å²) < 4.78 is 5.98. The standard InChI is InChI=1S/C30H38N4O2S/c1-29(2,3)26(35)20-34-24-11-10-21(18-22(24)19-30(4,5)28(34)36)12-13-32-14-16-33(17-15-32)27-23-8-6-7-9-25(23)37-31-27/h6-11,18H,12-17,19-20H2,1-5H3. The monoisotopic (exact) mass is 518 g/mol. The van der Waals surface area contributed by atoms with Gasteiger partial charge in [-0.15, -0.1) is 0 Å². The number of rotatable bonds is 6. The van der Waals surface area contributed by atoms with Gasteiger partial charge < -0.3 is 9.80 Å². The lowest BCUT2D eigenvalue weighted by atomic mass is 9.79. The number of carbonyl (C=O) groups is 2. The van der Waals surface area contributed by atoms with Crippen LogP contribution < -0.4 is 9.80 Å². The molecule has 2 aromatic carbocycles. The van der Waals surface area contributed by atoms with Crippen LogP contribution in [0.1, 0.15) is 45.7 Å². The van der Waals surface area contributed by atoms with Crippen LogP contribution in [-0.4, -0.2) is 60.2 Å². The van der Waals surface area contributed by atoms with E-state index in [1.165, 1.54) is 21.2 Å². The average molecular weight is 519 g/mol. The van der Waals surface area contributed by atoms with Crippen LogP contribution in [0.5, 0.6) is 0 Å². The number of fused-ring (bicyclic) bond motifs is 2. The van der Waals surface area contributed by atoms with E-state index in [2.05, 4.69) is 52.3 Å². The summed E-state index contributed by atoms with van der Waals surface area (Å²) in [7, 11) is 0. The summed E-state index contributed by atoms with van der Waals surface area (Å²) in [6, 6.07) is 14.9. The smallest absolute Gasteiger partial charge is 0.233 e. The van der Waals surface area contributed by atoms with Gasteiger partial charge in [-0.25, -0.2) is 0 Å². The third-order valence-electron chi connectivity index (χ3n) is 7.78. The van der Waals surface area contributed by atoms with Crippen molar-refractivity contribution >= 4 is 44.8 Å². The van der Waals surface area contributed by atoms with E-state index >= 15 is 0 Å². The number of Topliss-reactive ketones (excluding diaryl/α,β-unsaturated/α-hetero) is 1. The second-order valence-corrected chi connectivity index (χ2v) is 13.0. The molecule has 0 saturated carbocycles. The molecule has 1 aromatic heterocycles. The normalized spacial score (nSPS) is 18.4. The van der Waals surface area contributed by atoms with E-state index in [1.54, 1.807) is 16.4 Å². The maximum atomic E-state index is 13.2. The molecule has 0 N–H and O–H groups in total. The second kappa shape index (κ2) is 9.84. The van der Waals surface area contributed by atoms with Gasteiger partial charge in [0.25, 0.3) is 0 Å². The molecule has 1 amide bonds. The minimum absolute atomic E-state index is 0.0381. The van der Waals surface area contributed by atoms with Gasteiger partial charge >= 0.3 is 0 Å². The van der Waals surface area contributed by atoms with Gasteiger partial charge in [0.1, 0.15) is 5.82 Å². The molecule has 1 fully saturated rings. The van der Waals surface area contributed by atoms with E-state index in [0.717, 1.165) is 50.6 Å². The molecule has 6 nitrogen and oxygen atoms in total. The lowest BCUT2D eigenvalue weighted by molar-refractivity contribution is -0.131. The first-order chi connectivity index (χ1) is 17.5. The summed E-state index contributed by atoms with van der Waals surface area (Å²) in [4.78, 5) is 32.7. The number of amides is 1. The number of anilines is 2. The molecule has 2 aliphatic heterocycles. The average Bonchev–Trinajstić information content (AvgIpc) is 3.29. The summed E-state index contributed by atoms with van der Waals surface area (Å²) in [5.74, 6) is 1.25. The van der Waals surface area contributed by atoms with Crippen molar-refractivity contribution in [2.24, 2.45) is 10.8 Å². The first-order valence-electron chi connectivity index (χ1n) is 13.3. The molecular weight excluding hydrogens is 480 g/mol. The van der Waals surface area contributed by atoms with Crippen molar-refractivity contribution in [1.82, 2.24) is 9.27 Å². The Morgan fingerprint density at radius 2 is 1.78 bits per heavy atom. The van der Waals surface area contributed by atoms with Gasteiger partial charge in [-0.05, 0) is 53.7 Å². The molecule has 0 spiro atoms. The number of hydrogen-bond acceptors (Lipinski definition) is 6. The van der Waals surface area contributed by atoms with Gasteiger partial charge in [-0.2, -0.15) is 4.37 Å². The summed E-state index contributed by atoms with van der Waals surface area (Å²) in [6.07, 6.45) is 1.68. The Morgan fingerprint density at radius 1 is 1.05 bits per heavy atom. The van der Waals surface area contributed by atoms with E-state index in [0.29, 0.717) is 6.42 Å². The highest BCUT2D eigenvalue weighted by atomic mass is 32.1. The summed E-state index contributed by atoms with van der Waals surface area (Å²) >= 11 is 1.58. The van der Waals surface area contributed by atoms with Crippen molar-refractivity contribution in [2.75, 3.05) is 49.1 Å². The van der Waals surface area contributed by atoms with Crippen LogP contribution in [-0.2, 0) is 22.4 Å².